The van der Waals surface area contributed by atoms with Crippen LogP contribution in [0.15, 0.2) is 243 Å². The van der Waals surface area contributed by atoms with Crippen LogP contribution >= 0.6 is 0 Å². The van der Waals surface area contributed by atoms with Crippen molar-refractivity contribution in [1.82, 2.24) is 4.57 Å². The maximum atomic E-state index is 9.58. The van der Waals surface area contributed by atoms with E-state index < -0.39 is 0 Å². The van der Waals surface area contributed by atoms with Crippen LogP contribution in [0.3, 0.4) is 0 Å². The van der Waals surface area contributed by atoms with Crippen molar-refractivity contribution in [3.63, 3.8) is 0 Å². The molecule has 0 unspecified atom stereocenters. The first-order chi connectivity index (χ1) is 31.4. The summed E-state index contributed by atoms with van der Waals surface area (Å²) in [5.41, 5.74) is 12.1. The zero-order valence-corrected chi connectivity index (χ0v) is 32.7. The Morgan fingerprint density at radius 3 is 1.40 bits per heavy atom. The summed E-state index contributed by atoms with van der Waals surface area (Å²) < 4.78 is 40.3. The largest absolute Gasteiger partial charge is 0.311 e. The lowest BCUT2D eigenvalue weighted by Crippen LogP contribution is -2.09. The van der Waals surface area contributed by atoms with E-state index in [0.717, 1.165) is 60.9 Å². The molecule has 2 heteroatoms. The Kier molecular flexibility index (Phi) is 7.83. The molecule has 0 spiro atoms. The highest BCUT2D eigenvalue weighted by atomic mass is 15.1. The van der Waals surface area contributed by atoms with E-state index in [1.807, 2.05) is 89.8 Å². The fourth-order valence-electron chi connectivity index (χ4n) is 8.58. The number of rotatable bonds is 8. The van der Waals surface area contributed by atoms with Crippen LogP contribution in [-0.4, -0.2) is 4.57 Å². The molecule has 0 aliphatic carbocycles. The fraction of sp³-hybridized carbons (Fsp3) is 0. The molecule has 0 fully saturated rings. The molecule has 0 N–H and O–H groups in total. The highest BCUT2D eigenvalue weighted by Gasteiger charge is 2.17. The minimum absolute atomic E-state index is 0.0995. The van der Waals surface area contributed by atoms with Gasteiger partial charge in [0.05, 0.1) is 22.2 Å². The first kappa shape index (κ1) is 31.1. The Morgan fingerprint density at radius 2 is 0.750 bits per heavy atom. The van der Waals surface area contributed by atoms with Crippen LogP contribution in [-0.2, 0) is 0 Å². The Balaban J connectivity index is 1.04. The van der Waals surface area contributed by atoms with Gasteiger partial charge in [0.1, 0.15) is 0 Å². The fourth-order valence-corrected chi connectivity index (χ4v) is 8.58. The minimum Gasteiger partial charge on any atom is -0.311 e. The van der Waals surface area contributed by atoms with Gasteiger partial charge in [-0.2, -0.15) is 0 Å². The van der Waals surface area contributed by atoms with Crippen molar-refractivity contribution >= 4 is 49.6 Å². The molecule has 0 aliphatic heterocycles. The third-order valence-electron chi connectivity index (χ3n) is 11.5. The molecule has 0 radical (unpaired) electrons. The SMILES string of the molecule is [2H]c1c([2H])c(N(c2ccc(-c3ccccc3-n3c4ccccc4c4ccccc43)cc2)c2ccc(-c3cccc4ccccc34)cc2)c([2H])c([2H])c1-c1ccc(-c2ccccc2)cc1. The molecule has 1 aromatic heterocycles. The molecule has 60 heavy (non-hydrogen) atoms. The smallest absolute Gasteiger partial charge is 0.0645 e. The summed E-state index contributed by atoms with van der Waals surface area (Å²) in [6.07, 6.45) is 0. The van der Waals surface area contributed by atoms with Gasteiger partial charge in [-0.15, -0.1) is 0 Å². The van der Waals surface area contributed by atoms with E-state index in [1.165, 1.54) is 10.8 Å². The van der Waals surface area contributed by atoms with Crippen LogP contribution in [0, 0.1) is 0 Å². The third kappa shape index (κ3) is 6.32. The van der Waals surface area contributed by atoms with E-state index in [4.69, 9.17) is 0 Å². The number of para-hydroxylation sites is 3. The topological polar surface area (TPSA) is 8.17 Å². The van der Waals surface area contributed by atoms with E-state index in [-0.39, 0.29) is 35.4 Å². The van der Waals surface area contributed by atoms with E-state index in [9.17, 15) is 5.48 Å². The summed E-state index contributed by atoms with van der Waals surface area (Å²) >= 11 is 0. The minimum atomic E-state index is -0.123. The monoisotopic (exact) mass is 768 g/mol. The maximum absolute atomic E-state index is 9.58. The molecule has 2 nitrogen and oxygen atoms in total. The van der Waals surface area contributed by atoms with E-state index in [0.29, 0.717) is 16.9 Å². The summed E-state index contributed by atoms with van der Waals surface area (Å²) in [5, 5.41) is 4.70. The second kappa shape index (κ2) is 15.1. The molecule has 1 heterocycles. The number of benzene rings is 10. The van der Waals surface area contributed by atoms with E-state index >= 15 is 0 Å². The molecule has 282 valence electrons. The standard InChI is InChI=1S/C58H40N2/c1-2-13-41(14-3-1)42-25-27-43(28-26-42)44-29-35-48(36-30-44)59(49-37-31-46(32-38-49)52-21-12-16-45-15-4-5-17-51(45)52)50-39-33-47(34-40-50)53-18-6-9-22-56(53)60-57-23-10-7-19-54(57)55-20-8-11-24-58(55)60/h1-40H/i29D,30D,35D,36D. The van der Waals surface area contributed by atoms with Crippen LogP contribution in [0.4, 0.5) is 17.1 Å². The molecule has 11 aromatic rings. The highest BCUT2D eigenvalue weighted by molar-refractivity contribution is 6.09. The molecule has 0 atom stereocenters. The lowest BCUT2D eigenvalue weighted by molar-refractivity contribution is 1.18. The van der Waals surface area contributed by atoms with Crippen LogP contribution in [0.1, 0.15) is 5.48 Å². The van der Waals surface area contributed by atoms with E-state index in [1.54, 1.807) is 0 Å². The van der Waals surface area contributed by atoms with Crippen molar-refractivity contribution in [3.8, 4) is 50.2 Å². The predicted molar refractivity (Wildman–Crippen MR) is 255 cm³/mol. The average Bonchev–Trinajstić information content (AvgIpc) is 3.69. The Morgan fingerprint density at radius 1 is 0.300 bits per heavy atom. The van der Waals surface area contributed by atoms with Crippen molar-refractivity contribution in [3.05, 3.63) is 243 Å². The number of hydrogen-bond acceptors (Lipinski definition) is 1. The van der Waals surface area contributed by atoms with Gasteiger partial charge in [-0.05, 0) is 104 Å². The maximum Gasteiger partial charge on any atom is 0.0645 e. The van der Waals surface area contributed by atoms with Gasteiger partial charge in [-0.1, -0.05) is 188 Å². The molecule has 0 saturated carbocycles. The predicted octanol–water partition coefficient (Wildman–Crippen LogP) is 16.1. The van der Waals surface area contributed by atoms with Gasteiger partial charge in [0, 0.05) is 33.4 Å². The molecule has 11 rings (SSSR count). The molecule has 0 saturated heterocycles. The summed E-state index contributed by atoms with van der Waals surface area (Å²) in [4.78, 5) is 1.86. The Bertz CT molecular complexity index is 3440. The molecular formula is C58H40N2. The van der Waals surface area contributed by atoms with Crippen LogP contribution < -0.4 is 4.90 Å². The Labute approximate surface area is 356 Å². The van der Waals surface area contributed by atoms with Gasteiger partial charge < -0.3 is 9.47 Å². The second-order valence-corrected chi connectivity index (χ2v) is 15.0. The lowest BCUT2D eigenvalue weighted by atomic mass is 9.98. The average molecular weight is 769 g/mol. The van der Waals surface area contributed by atoms with Crippen molar-refractivity contribution in [2.24, 2.45) is 0 Å². The van der Waals surface area contributed by atoms with Crippen molar-refractivity contribution in [2.45, 2.75) is 0 Å². The molecule has 0 amide bonds. The number of aromatic nitrogens is 1. The van der Waals surface area contributed by atoms with E-state index in [2.05, 4.69) is 138 Å². The number of hydrogen-bond donors (Lipinski definition) is 0. The quantitative estimate of drug-likeness (QED) is 0.149. The zero-order valence-electron chi connectivity index (χ0n) is 36.7. The van der Waals surface area contributed by atoms with Crippen LogP contribution in [0.2, 0.25) is 0 Å². The van der Waals surface area contributed by atoms with Crippen LogP contribution in [0.5, 0.6) is 0 Å². The molecule has 10 aromatic carbocycles. The normalized spacial score (nSPS) is 12.3. The van der Waals surface area contributed by atoms with Gasteiger partial charge in [0.2, 0.25) is 0 Å². The molecule has 0 aliphatic rings. The van der Waals surface area contributed by atoms with Gasteiger partial charge in [0.15, 0.2) is 0 Å². The van der Waals surface area contributed by atoms with Gasteiger partial charge in [0.25, 0.3) is 0 Å². The molecule has 0 bridgehead atoms. The third-order valence-corrected chi connectivity index (χ3v) is 11.5. The first-order valence-electron chi connectivity index (χ1n) is 22.3. The summed E-state index contributed by atoms with van der Waals surface area (Å²) in [6, 6.07) is 73.7. The van der Waals surface area contributed by atoms with Gasteiger partial charge >= 0.3 is 0 Å². The van der Waals surface area contributed by atoms with Crippen molar-refractivity contribution in [2.75, 3.05) is 4.90 Å². The number of fused-ring (bicyclic) bond motifs is 4. The van der Waals surface area contributed by atoms with Gasteiger partial charge in [-0.3, -0.25) is 0 Å². The zero-order chi connectivity index (χ0) is 43.3. The number of anilines is 3. The summed E-state index contributed by atoms with van der Waals surface area (Å²) in [6.45, 7) is 0. The summed E-state index contributed by atoms with van der Waals surface area (Å²) in [5.74, 6) is 0. The molecular weight excluding hydrogens is 725 g/mol. The van der Waals surface area contributed by atoms with Gasteiger partial charge in [-0.25, -0.2) is 0 Å². The van der Waals surface area contributed by atoms with Crippen molar-refractivity contribution in [1.29, 1.82) is 0 Å². The lowest BCUT2D eigenvalue weighted by Gasteiger charge is -2.26. The number of nitrogens with zero attached hydrogens (tertiary/aromatic N) is 2. The Hall–Kier alpha value is -7.94. The highest BCUT2D eigenvalue weighted by Crippen LogP contribution is 2.40. The summed E-state index contributed by atoms with van der Waals surface area (Å²) in [7, 11) is 0. The first-order valence-corrected chi connectivity index (χ1v) is 20.3. The second-order valence-electron chi connectivity index (χ2n) is 15.0. The van der Waals surface area contributed by atoms with Crippen LogP contribution in [0.25, 0.3) is 82.8 Å². The van der Waals surface area contributed by atoms with Crippen molar-refractivity contribution < 1.29 is 5.48 Å².